The summed E-state index contributed by atoms with van der Waals surface area (Å²) in [6.07, 6.45) is 4.55. The highest BCUT2D eigenvalue weighted by atomic mass is 16.5. The van der Waals surface area contributed by atoms with Gasteiger partial charge in [0.15, 0.2) is 0 Å². The molecule has 2 atom stereocenters. The van der Waals surface area contributed by atoms with E-state index in [1.165, 1.54) is 6.42 Å². The molecule has 0 aromatic heterocycles. The smallest absolute Gasteiger partial charge is 0.319 e. The number of hydrogen-bond acceptors (Lipinski definition) is 3. The molecule has 2 fully saturated rings. The maximum absolute atomic E-state index is 12.7. The lowest BCUT2D eigenvalue weighted by Crippen LogP contribution is -2.44. The fourth-order valence-corrected chi connectivity index (χ4v) is 3.57. The van der Waals surface area contributed by atoms with Crippen molar-refractivity contribution in [1.29, 1.82) is 0 Å². The maximum Gasteiger partial charge on any atom is 0.319 e. The SMILES string of the molecule is CC1CCCCC1NC(=O)Nc1ccccc1C(=O)N1CCOCC1. The summed E-state index contributed by atoms with van der Waals surface area (Å²) >= 11 is 0. The van der Waals surface area contributed by atoms with E-state index in [2.05, 4.69) is 17.6 Å². The summed E-state index contributed by atoms with van der Waals surface area (Å²) in [6.45, 7) is 4.46. The van der Waals surface area contributed by atoms with Gasteiger partial charge in [0, 0.05) is 19.1 Å². The first-order chi connectivity index (χ1) is 12.1. The number of ether oxygens (including phenoxy) is 1. The third-order valence-corrected chi connectivity index (χ3v) is 5.13. The summed E-state index contributed by atoms with van der Waals surface area (Å²) in [5.41, 5.74) is 1.08. The van der Waals surface area contributed by atoms with Crippen molar-refractivity contribution in [3.8, 4) is 0 Å². The third-order valence-electron chi connectivity index (χ3n) is 5.13. The topological polar surface area (TPSA) is 70.7 Å². The number of para-hydroxylation sites is 1. The average molecular weight is 345 g/mol. The van der Waals surface area contributed by atoms with Crippen LogP contribution in [-0.2, 0) is 4.74 Å². The summed E-state index contributed by atoms with van der Waals surface area (Å²) in [4.78, 5) is 26.9. The molecule has 1 aromatic rings. The fraction of sp³-hybridized carbons (Fsp3) is 0.579. The lowest BCUT2D eigenvalue weighted by Gasteiger charge is -2.30. The molecule has 0 spiro atoms. The molecule has 3 rings (SSSR count). The normalized spacial score (nSPS) is 23.8. The molecule has 2 unspecified atom stereocenters. The molecule has 1 aliphatic carbocycles. The van der Waals surface area contributed by atoms with Crippen molar-refractivity contribution in [3.05, 3.63) is 29.8 Å². The van der Waals surface area contributed by atoms with Gasteiger partial charge in [0.1, 0.15) is 0 Å². The van der Waals surface area contributed by atoms with Crippen molar-refractivity contribution < 1.29 is 14.3 Å². The van der Waals surface area contributed by atoms with Crippen molar-refractivity contribution in [2.24, 2.45) is 5.92 Å². The number of benzene rings is 1. The van der Waals surface area contributed by atoms with Crippen LogP contribution >= 0.6 is 0 Å². The molecular formula is C19H27N3O3. The van der Waals surface area contributed by atoms with Gasteiger partial charge < -0.3 is 20.3 Å². The fourth-order valence-electron chi connectivity index (χ4n) is 3.57. The van der Waals surface area contributed by atoms with Gasteiger partial charge in [0.05, 0.1) is 24.5 Å². The molecule has 1 aromatic carbocycles. The van der Waals surface area contributed by atoms with Gasteiger partial charge in [-0.2, -0.15) is 0 Å². The van der Waals surface area contributed by atoms with E-state index >= 15 is 0 Å². The molecule has 0 bridgehead atoms. The Morgan fingerprint density at radius 3 is 2.60 bits per heavy atom. The van der Waals surface area contributed by atoms with Crippen LogP contribution in [0.2, 0.25) is 0 Å². The number of carbonyl (C=O) groups is 2. The quantitative estimate of drug-likeness (QED) is 0.885. The molecule has 0 radical (unpaired) electrons. The van der Waals surface area contributed by atoms with E-state index in [9.17, 15) is 9.59 Å². The van der Waals surface area contributed by atoms with E-state index < -0.39 is 0 Å². The average Bonchev–Trinajstić information content (AvgIpc) is 2.64. The second-order valence-electron chi connectivity index (χ2n) is 6.92. The van der Waals surface area contributed by atoms with Crippen LogP contribution in [0.25, 0.3) is 0 Å². The highest BCUT2D eigenvalue weighted by molar-refractivity contribution is 6.03. The zero-order valence-electron chi connectivity index (χ0n) is 14.8. The van der Waals surface area contributed by atoms with Crippen LogP contribution in [0, 0.1) is 5.92 Å². The number of nitrogens with zero attached hydrogens (tertiary/aromatic N) is 1. The molecule has 25 heavy (non-hydrogen) atoms. The number of anilines is 1. The molecule has 1 heterocycles. The second-order valence-corrected chi connectivity index (χ2v) is 6.92. The molecule has 2 aliphatic rings. The number of amides is 3. The van der Waals surface area contributed by atoms with Crippen molar-refractivity contribution >= 4 is 17.6 Å². The molecular weight excluding hydrogens is 318 g/mol. The van der Waals surface area contributed by atoms with E-state index in [4.69, 9.17) is 4.74 Å². The van der Waals surface area contributed by atoms with E-state index in [1.54, 1.807) is 17.0 Å². The summed E-state index contributed by atoms with van der Waals surface area (Å²) in [5.74, 6) is 0.426. The third kappa shape index (κ3) is 4.51. The Bertz CT molecular complexity index is 614. The minimum Gasteiger partial charge on any atom is -0.378 e. The summed E-state index contributed by atoms with van der Waals surface area (Å²) in [5, 5.41) is 5.94. The monoisotopic (exact) mass is 345 g/mol. The number of carbonyl (C=O) groups excluding carboxylic acids is 2. The van der Waals surface area contributed by atoms with E-state index in [-0.39, 0.29) is 18.0 Å². The summed E-state index contributed by atoms with van der Waals surface area (Å²) in [7, 11) is 0. The molecule has 1 saturated carbocycles. The number of nitrogens with one attached hydrogen (secondary N) is 2. The second kappa shape index (κ2) is 8.34. The lowest BCUT2D eigenvalue weighted by molar-refractivity contribution is 0.0303. The Morgan fingerprint density at radius 2 is 1.84 bits per heavy atom. The highest BCUT2D eigenvalue weighted by Crippen LogP contribution is 2.24. The van der Waals surface area contributed by atoms with Crippen LogP contribution in [-0.4, -0.2) is 49.2 Å². The molecule has 1 saturated heterocycles. The summed E-state index contributed by atoms with van der Waals surface area (Å²) < 4.78 is 5.30. The maximum atomic E-state index is 12.7. The molecule has 2 N–H and O–H groups in total. The Hall–Kier alpha value is -2.08. The first kappa shape index (κ1) is 17.7. The van der Waals surface area contributed by atoms with Gasteiger partial charge in [-0.15, -0.1) is 0 Å². The molecule has 6 nitrogen and oxygen atoms in total. The largest absolute Gasteiger partial charge is 0.378 e. The van der Waals surface area contributed by atoms with Gasteiger partial charge in [0.2, 0.25) is 0 Å². The van der Waals surface area contributed by atoms with Crippen LogP contribution in [0.5, 0.6) is 0 Å². The predicted octanol–water partition coefficient (Wildman–Crippen LogP) is 2.86. The number of hydrogen-bond donors (Lipinski definition) is 2. The standard InChI is InChI=1S/C19H27N3O3/c1-14-6-2-4-8-16(14)20-19(24)21-17-9-5-3-7-15(17)18(23)22-10-12-25-13-11-22/h3,5,7,9,14,16H,2,4,6,8,10-13H2,1H3,(H2,20,21,24). The van der Waals surface area contributed by atoms with Crippen molar-refractivity contribution in [2.75, 3.05) is 31.6 Å². The number of urea groups is 1. The van der Waals surface area contributed by atoms with Crippen LogP contribution in [0.4, 0.5) is 10.5 Å². The zero-order chi connectivity index (χ0) is 17.6. The van der Waals surface area contributed by atoms with Crippen molar-refractivity contribution in [3.63, 3.8) is 0 Å². The van der Waals surface area contributed by atoms with Gasteiger partial charge in [0.25, 0.3) is 5.91 Å². The minimum atomic E-state index is -0.235. The first-order valence-electron chi connectivity index (χ1n) is 9.18. The summed E-state index contributed by atoms with van der Waals surface area (Å²) in [6, 6.07) is 7.15. The van der Waals surface area contributed by atoms with Gasteiger partial charge in [-0.3, -0.25) is 4.79 Å². The van der Waals surface area contributed by atoms with E-state index in [0.29, 0.717) is 43.5 Å². The Balaban J connectivity index is 1.65. The lowest BCUT2D eigenvalue weighted by atomic mass is 9.86. The molecule has 136 valence electrons. The van der Waals surface area contributed by atoms with E-state index in [0.717, 1.165) is 19.3 Å². The van der Waals surface area contributed by atoms with Crippen LogP contribution < -0.4 is 10.6 Å². The van der Waals surface area contributed by atoms with Crippen LogP contribution in [0.15, 0.2) is 24.3 Å². The molecule has 1 aliphatic heterocycles. The molecule has 3 amide bonds. The van der Waals surface area contributed by atoms with Gasteiger partial charge in [-0.05, 0) is 30.9 Å². The van der Waals surface area contributed by atoms with E-state index in [1.807, 2.05) is 12.1 Å². The predicted molar refractivity (Wildman–Crippen MR) is 96.7 cm³/mol. The minimum absolute atomic E-state index is 0.0646. The number of rotatable bonds is 3. The van der Waals surface area contributed by atoms with Gasteiger partial charge in [-0.25, -0.2) is 4.79 Å². The number of morpholine rings is 1. The Morgan fingerprint density at radius 1 is 1.12 bits per heavy atom. The molecule has 6 heteroatoms. The first-order valence-corrected chi connectivity index (χ1v) is 9.18. The van der Waals surface area contributed by atoms with Crippen molar-refractivity contribution in [1.82, 2.24) is 10.2 Å². The van der Waals surface area contributed by atoms with Crippen molar-refractivity contribution in [2.45, 2.75) is 38.6 Å². The Kier molecular flexibility index (Phi) is 5.91. The highest BCUT2D eigenvalue weighted by Gasteiger charge is 2.24. The van der Waals surface area contributed by atoms with Crippen LogP contribution in [0.3, 0.4) is 0 Å². The van der Waals surface area contributed by atoms with Gasteiger partial charge in [-0.1, -0.05) is 31.9 Å². The van der Waals surface area contributed by atoms with Crippen LogP contribution in [0.1, 0.15) is 43.0 Å². The zero-order valence-corrected chi connectivity index (χ0v) is 14.8. The van der Waals surface area contributed by atoms with Gasteiger partial charge >= 0.3 is 6.03 Å². The Labute approximate surface area is 148 Å².